The van der Waals surface area contributed by atoms with E-state index in [1.807, 2.05) is 0 Å². The Morgan fingerprint density at radius 1 is 0.875 bits per heavy atom. The molecule has 0 unspecified atom stereocenters. The van der Waals surface area contributed by atoms with E-state index in [0.29, 0.717) is 34.4 Å². The summed E-state index contributed by atoms with van der Waals surface area (Å²) in [5.74, 6) is 1.50. The fourth-order valence-electron chi connectivity index (χ4n) is 3.10. The van der Waals surface area contributed by atoms with Crippen LogP contribution in [0.2, 0.25) is 0 Å². The lowest BCUT2D eigenvalue weighted by Gasteiger charge is -2.12. The van der Waals surface area contributed by atoms with Crippen molar-refractivity contribution in [2.75, 3.05) is 31.1 Å². The molecule has 0 spiro atoms. The maximum atomic E-state index is 12.8. The van der Waals surface area contributed by atoms with E-state index in [1.165, 1.54) is 44.6 Å². The van der Waals surface area contributed by atoms with E-state index in [1.54, 1.807) is 30.3 Å². The monoisotopic (exact) mass is 456 g/mol. The van der Waals surface area contributed by atoms with Gasteiger partial charge < -0.3 is 24.3 Å². The molecule has 0 aromatic heterocycles. The molecule has 1 amide bonds. The van der Waals surface area contributed by atoms with Crippen LogP contribution in [-0.4, -0.2) is 35.3 Å². The fourth-order valence-corrected chi connectivity index (χ4v) is 4.19. The lowest BCUT2D eigenvalue weighted by Crippen LogP contribution is -2.16. The lowest BCUT2D eigenvalue weighted by molar-refractivity contribution is 0.102. The second-order valence-electron chi connectivity index (χ2n) is 6.73. The molecule has 3 aromatic rings. The van der Waals surface area contributed by atoms with Crippen molar-refractivity contribution in [1.29, 1.82) is 0 Å². The Morgan fingerprint density at radius 2 is 1.62 bits per heavy atom. The largest absolute Gasteiger partial charge is 0.493 e. The number of amides is 1. The van der Waals surface area contributed by atoms with Crippen LogP contribution < -0.4 is 29.0 Å². The molecular weight excluding hydrogens is 436 g/mol. The normalized spacial score (nSPS) is 12.2. The summed E-state index contributed by atoms with van der Waals surface area (Å²) < 4.78 is 49.1. The second kappa shape index (κ2) is 8.67. The highest BCUT2D eigenvalue weighted by molar-refractivity contribution is 7.92. The van der Waals surface area contributed by atoms with E-state index >= 15 is 0 Å². The molecule has 166 valence electrons. The number of nitrogens with one attached hydrogen (secondary N) is 2. The molecule has 32 heavy (non-hydrogen) atoms. The predicted octanol–water partition coefficient (Wildman–Crippen LogP) is 3.49. The quantitative estimate of drug-likeness (QED) is 0.560. The summed E-state index contributed by atoms with van der Waals surface area (Å²) in [4.78, 5) is 12.6. The van der Waals surface area contributed by atoms with Crippen LogP contribution in [-0.2, 0) is 10.0 Å². The molecule has 0 radical (unpaired) electrons. The predicted molar refractivity (Wildman–Crippen MR) is 117 cm³/mol. The summed E-state index contributed by atoms with van der Waals surface area (Å²) in [5, 5.41) is 2.72. The number of carbonyl (C=O) groups excluding carboxylic acids is 1. The van der Waals surface area contributed by atoms with Crippen LogP contribution in [0.3, 0.4) is 0 Å². The van der Waals surface area contributed by atoms with E-state index in [4.69, 9.17) is 18.9 Å². The minimum absolute atomic E-state index is 0.0601. The number of methoxy groups -OCH3 is 2. The molecule has 10 heteroatoms. The van der Waals surface area contributed by atoms with Crippen LogP contribution >= 0.6 is 0 Å². The molecule has 2 N–H and O–H groups in total. The Hall–Kier alpha value is -3.92. The Kier molecular flexibility index (Phi) is 5.78. The first-order valence-electron chi connectivity index (χ1n) is 9.45. The third-order valence-corrected chi connectivity index (χ3v) is 6.05. The van der Waals surface area contributed by atoms with Crippen molar-refractivity contribution in [3.63, 3.8) is 0 Å². The minimum Gasteiger partial charge on any atom is -0.493 e. The average Bonchev–Trinajstić information content (AvgIpc) is 3.26. The lowest BCUT2D eigenvalue weighted by atomic mass is 10.2. The molecule has 0 atom stereocenters. The van der Waals surface area contributed by atoms with Gasteiger partial charge in [-0.05, 0) is 42.5 Å². The molecule has 0 fully saturated rings. The van der Waals surface area contributed by atoms with Crippen LogP contribution in [0.15, 0.2) is 65.6 Å². The first kappa shape index (κ1) is 21.3. The van der Waals surface area contributed by atoms with Gasteiger partial charge in [-0.1, -0.05) is 6.07 Å². The third-order valence-electron chi connectivity index (χ3n) is 4.67. The highest BCUT2D eigenvalue weighted by Crippen LogP contribution is 2.35. The van der Waals surface area contributed by atoms with E-state index in [2.05, 4.69) is 10.0 Å². The molecule has 0 aliphatic carbocycles. The molecule has 0 saturated heterocycles. The van der Waals surface area contributed by atoms with Crippen LogP contribution in [0, 0.1) is 0 Å². The van der Waals surface area contributed by atoms with Gasteiger partial charge in [0.25, 0.3) is 15.9 Å². The number of hydrogen-bond donors (Lipinski definition) is 2. The number of carbonyl (C=O) groups is 1. The molecule has 3 aromatic carbocycles. The van der Waals surface area contributed by atoms with Gasteiger partial charge in [-0.25, -0.2) is 8.42 Å². The van der Waals surface area contributed by atoms with Crippen molar-refractivity contribution in [3.05, 3.63) is 66.2 Å². The summed E-state index contributed by atoms with van der Waals surface area (Å²) in [6.45, 7) is 0.0861. The highest BCUT2D eigenvalue weighted by atomic mass is 32.2. The summed E-state index contributed by atoms with van der Waals surface area (Å²) in [6, 6.07) is 15.4. The van der Waals surface area contributed by atoms with E-state index in [0.717, 1.165) is 0 Å². The van der Waals surface area contributed by atoms with Crippen molar-refractivity contribution < 1.29 is 32.2 Å². The number of fused-ring (bicyclic) bond motifs is 1. The van der Waals surface area contributed by atoms with Gasteiger partial charge in [0.2, 0.25) is 6.79 Å². The van der Waals surface area contributed by atoms with Crippen molar-refractivity contribution in [2.45, 2.75) is 4.90 Å². The van der Waals surface area contributed by atoms with Crippen LogP contribution in [0.5, 0.6) is 23.0 Å². The third kappa shape index (κ3) is 4.40. The van der Waals surface area contributed by atoms with Gasteiger partial charge in [-0.3, -0.25) is 9.52 Å². The first-order valence-corrected chi connectivity index (χ1v) is 10.9. The molecular formula is C22H20N2O7S. The zero-order valence-corrected chi connectivity index (χ0v) is 18.1. The summed E-state index contributed by atoms with van der Waals surface area (Å²) in [6.07, 6.45) is 0. The standard InChI is InChI=1S/C22H20N2O7S/c1-28-18-8-6-15(11-20(18)29-2)23-22(25)14-4-3-5-17(10-14)32(26,27)24-16-7-9-19-21(12-16)31-13-30-19/h3-12,24H,13H2,1-2H3,(H,23,25). The molecule has 4 rings (SSSR count). The maximum absolute atomic E-state index is 12.8. The minimum atomic E-state index is -3.94. The van der Waals surface area contributed by atoms with E-state index in [9.17, 15) is 13.2 Å². The van der Waals surface area contributed by atoms with Crippen LogP contribution in [0.4, 0.5) is 11.4 Å². The Morgan fingerprint density at radius 3 is 2.41 bits per heavy atom. The van der Waals surface area contributed by atoms with Gasteiger partial charge in [-0.2, -0.15) is 0 Å². The van der Waals surface area contributed by atoms with Crippen LogP contribution in [0.1, 0.15) is 10.4 Å². The van der Waals surface area contributed by atoms with Crippen molar-refractivity contribution in [1.82, 2.24) is 0 Å². The van der Waals surface area contributed by atoms with Crippen molar-refractivity contribution >= 4 is 27.3 Å². The Balaban J connectivity index is 1.53. The molecule has 0 bridgehead atoms. The van der Waals surface area contributed by atoms with Gasteiger partial charge >= 0.3 is 0 Å². The van der Waals surface area contributed by atoms with Gasteiger partial charge in [0.1, 0.15) is 0 Å². The number of rotatable bonds is 7. The zero-order valence-electron chi connectivity index (χ0n) is 17.2. The van der Waals surface area contributed by atoms with E-state index in [-0.39, 0.29) is 17.3 Å². The topological polar surface area (TPSA) is 112 Å². The number of benzene rings is 3. The average molecular weight is 456 g/mol. The summed E-state index contributed by atoms with van der Waals surface area (Å²) in [5.41, 5.74) is 0.960. The van der Waals surface area contributed by atoms with Crippen LogP contribution in [0.25, 0.3) is 0 Å². The second-order valence-corrected chi connectivity index (χ2v) is 8.41. The van der Waals surface area contributed by atoms with E-state index < -0.39 is 15.9 Å². The van der Waals surface area contributed by atoms with Crippen molar-refractivity contribution in [3.8, 4) is 23.0 Å². The van der Waals surface area contributed by atoms with Gasteiger partial charge in [0, 0.05) is 23.4 Å². The number of hydrogen-bond acceptors (Lipinski definition) is 7. The molecule has 1 aliphatic rings. The zero-order chi connectivity index (χ0) is 22.7. The Labute approximate surface area is 184 Å². The first-order chi connectivity index (χ1) is 15.4. The summed E-state index contributed by atoms with van der Waals surface area (Å²) in [7, 11) is -0.938. The molecule has 1 heterocycles. The smallest absolute Gasteiger partial charge is 0.261 e. The molecule has 9 nitrogen and oxygen atoms in total. The molecule has 1 aliphatic heterocycles. The highest BCUT2D eigenvalue weighted by Gasteiger charge is 2.19. The number of ether oxygens (including phenoxy) is 4. The fraction of sp³-hybridized carbons (Fsp3) is 0.136. The maximum Gasteiger partial charge on any atom is 0.261 e. The summed E-state index contributed by atoms with van der Waals surface area (Å²) >= 11 is 0. The Bertz CT molecular complexity index is 1280. The number of sulfonamides is 1. The SMILES string of the molecule is COc1ccc(NC(=O)c2cccc(S(=O)(=O)Nc3ccc4c(c3)OCO4)c2)cc1OC. The van der Waals surface area contributed by atoms with Gasteiger partial charge in [-0.15, -0.1) is 0 Å². The van der Waals surface area contributed by atoms with Gasteiger partial charge in [0.05, 0.1) is 24.8 Å². The molecule has 0 saturated carbocycles. The number of anilines is 2. The van der Waals surface area contributed by atoms with Crippen molar-refractivity contribution in [2.24, 2.45) is 0 Å². The van der Waals surface area contributed by atoms with Gasteiger partial charge in [0.15, 0.2) is 23.0 Å².